The van der Waals surface area contributed by atoms with Gasteiger partial charge in [0.25, 0.3) is 0 Å². The number of aromatic nitrogens is 2. The molecule has 1 atom stereocenters. The van der Waals surface area contributed by atoms with Gasteiger partial charge in [-0.15, -0.1) is 0 Å². The van der Waals surface area contributed by atoms with Gasteiger partial charge in [0, 0.05) is 15.5 Å². The molecular formula is C17H15BrN4O. The second-order valence-electron chi connectivity index (χ2n) is 5.26. The third-order valence-corrected chi connectivity index (χ3v) is 4.17. The summed E-state index contributed by atoms with van der Waals surface area (Å²) in [6, 6.07) is 13.4. The molecule has 3 aromatic rings. The summed E-state index contributed by atoms with van der Waals surface area (Å²) >= 11 is 3.46. The first kappa shape index (κ1) is 15.4. The smallest absolute Gasteiger partial charge is 0.224 e. The molecule has 0 aliphatic rings. The van der Waals surface area contributed by atoms with Crippen LogP contribution in [0.3, 0.4) is 0 Å². The Bertz CT molecular complexity index is 881. The first-order chi connectivity index (χ1) is 11.0. The zero-order chi connectivity index (χ0) is 16.4. The van der Waals surface area contributed by atoms with Crippen molar-refractivity contribution in [3.05, 3.63) is 58.8 Å². The summed E-state index contributed by atoms with van der Waals surface area (Å²) in [5.74, 6) is 0.0202. The van der Waals surface area contributed by atoms with Gasteiger partial charge in [-0.3, -0.25) is 4.79 Å². The third kappa shape index (κ3) is 3.32. The van der Waals surface area contributed by atoms with E-state index in [0.29, 0.717) is 5.82 Å². The van der Waals surface area contributed by atoms with E-state index in [1.165, 1.54) is 6.33 Å². The number of nitrogens with zero attached hydrogens (tertiary/aromatic N) is 2. The van der Waals surface area contributed by atoms with Gasteiger partial charge in [0.05, 0.1) is 11.4 Å². The van der Waals surface area contributed by atoms with Crippen LogP contribution in [0.2, 0.25) is 0 Å². The standard InChI is InChI=1S/C17H15BrN4O/c1-10(16(19)23)11-3-2-4-13(7-11)22-17-14-8-12(18)5-6-15(14)20-9-21-17/h2-10H,1H3,(H2,19,23)(H,20,21,22). The normalized spacial score (nSPS) is 12.1. The van der Waals surface area contributed by atoms with Crippen LogP contribution >= 0.6 is 15.9 Å². The molecule has 0 spiro atoms. The molecule has 1 unspecified atom stereocenters. The molecular weight excluding hydrogens is 356 g/mol. The van der Waals surface area contributed by atoms with Crippen LogP contribution in [-0.2, 0) is 4.79 Å². The Kier molecular flexibility index (Phi) is 4.25. The Balaban J connectivity index is 1.98. The van der Waals surface area contributed by atoms with Crippen LogP contribution < -0.4 is 11.1 Å². The Morgan fingerprint density at radius 1 is 1.22 bits per heavy atom. The lowest BCUT2D eigenvalue weighted by Gasteiger charge is -2.12. The van der Waals surface area contributed by atoms with Gasteiger partial charge in [-0.05, 0) is 42.8 Å². The van der Waals surface area contributed by atoms with Gasteiger partial charge in [0.15, 0.2) is 0 Å². The number of rotatable bonds is 4. The number of primary amides is 1. The lowest BCUT2D eigenvalue weighted by molar-refractivity contribution is -0.119. The third-order valence-electron chi connectivity index (χ3n) is 3.67. The van der Waals surface area contributed by atoms with E-state index in [9.17, 15) is 4.79 Å². The van der Waals surface area contributed by atoms with E-state index in [2.05, 4.69) is 31.2 Å². The van der Waals surface area contributed by atoms with Crippen molar-refractivity contribution in [3.8, 4) is 0 Å². The summed E-state index contributed by atoms with van der Waals surface area (Å²) in [4.78, 5) is 19.9. The van der Waals surface area contributed by atoms with Crippen LogP contribution in [0.15, 0.2) is 53.3 Å². The number of benzene rings is 2. The van der Waals surface area contributed by atoms with Gasteiger partial charge in [-0.25, -0.2) is 9.97 Å². The number of nitrogens with one attached hydrogen (secondary N) is 1. The van der Waals surface area contributed by atoms with E-state index in [4.69, 9.17) is 5.73 Å². The monoisotopic (exact) mass is 370 g/mol. The number of hydrogen-bond acceptors (Lipinski definition) is 4. The van der Waals surface area contributed by atoms with E-state index in [1.54, 1.807) is 6.92 Å². The van der Waals surface area contributed by atoms with Crippen molar-refractivity contribution < 1.29 is 4.79 Å². The number of carbonyl (C=O) groups excluding carboxylic acids is 1. The second-order valence-corrected chi connectivity index (χ2v) is 6.17. The van der Waals surface area contributed by atoms with Crippen molar-refractivity contribution in [2.75, 3.05) is 5.32 Å². The first-order valence-electron chi connectivity index (χ1n) is 7.11. The highest BCUT2D eigenvalue weighted by molar-refractivity contribution is 9.10. The molecule has 1 amide bonds. The van der Waals surface area contributed by atoms with Crippen LogP contribution in [0.4, 0.5) is 11.5 Å². The van der Waals surface area contributed by atoms with E-state index < -0.39 is 0 Å². The van der Waals surface area contributed by atoms with Crippen molar-refractivity contribution in [1.29, 1.82) is 0 Å². The summed E-state index contributed by atoms with van der Waals surface area (Å²) in [5, 5.41) is 4.20. The molecule has 116 valence electrons. The number of nitrogens with two attached hydrogens (primary N) is 1. The van der Waals surface area contributed by atoms with E-state index >= 15 is 0 Å². The fourth-order valence-electron chi connectivity index (χ4n) is 2.32. The minimum absolute atomic E-state index is 0.340. The number of hydrogen-bond donors (Lipinski definition) is 2. The zero-order valence-corrected chi connectivity index (χ0v) is 14.0. The van der Waals surface area contributed by atoms with Crippen LogP contribution in [0.25, 0.3) is 10.9 Å². The maximum absolute atomic E-state index is 11.4. The molecule has 1 heterocycles. The molecule has 0 radical (unpaired) electrons. The second kappa shape index (κ2) is 6.34. The number of amides is 1. The average Bonchev–Trinajstić information content (AvgIpc) is 2.55. The minimum atomic E-state index is -0.349. The van der Waals surface area contributed by atoms with Gasteiger partial charge >= 0.3 is 0 Å². The summed E-state index contributed by atoms with van der Waals surface area (Å²) in [7, 11) is 0. The highest BCUT2D eigenvalue weighted by Crippen LogP contribution is 2.27. The maximum Gasteiger partial charge on any atom is 0.224 e. The van der Waals surface area contributed by atoms with E-state index in [0.717, 1.165) is 26.6 Å². The number of anilines is 2. The van der Waals surface area contributed by atoms with E-state index in [1.807, 2.05) is 42.5 Å². The number of fused-ring (bicyclic) bond motifs is 1. The van der Waals surface area contributed by atoms with Gasteiger partial charge in [0.1, 0.15) is 12.1 Å². The van der Waals surface area contributed by atoms with Crippen molar-refractivity contribution in [3.63, 3.8) is 0 Å². The maximum atomic E-state index is 11.4. The van der Waals surface area contributed by atoms with Gasteiger partial charge in [-0.2, -0.15) is 0 Å². The molecule has 23 heavy (non-hydrogen) atoms. The Morgan fingerprint density at radius 2 is 2.04 bits per heavy atom. The molecule has 5 nitrogen and oxygen atoms in total. The topological polar surface area (TPSA) is 80.9 Å². The van der Waals surface area contributed by atoms with Crippen LogP contribution in [0.1, 0.15) is 18.4 Å². The highest BCUT2D eigenvalue weighted by Gasteiger charge is 2.12. The molecule has 0 aliphatic heterocycles. The summed E-state index contributed by atoms with van der Waals surface area (Å²) in [6.07, 6.45) is 1.52. The Hall–Kier alpha value is -2.47. The minimum Gasteiger partial charge on any atom is -0.369 e. The quantitative estimate of drug-likeness (QED) is 0.732. The van der Waals surface area contributed by atoms with Crippen molar-refractivity contribution in [2.24, 2.45) is 5.73 Å². The predicted octanol–water partition coefficient (Wildman–Crippen LogP) is 3.72. The van der Waals surface area contributed by atoms with Crippen LogP contribution in [0, 0.1) is 0 Å². The highest BCUT2D eigenvalue weighted by atomic mass is 79.9. The Morgan fingerprint density at radius 3 is 2.83 bits per heavy atom. The largest absolute Gasteiger partial charge is 0.369 e. The zero-order valence-electron chi connectivity index (χ0n) is 12.5. The fraction of sp³-hybridized carbons (Fsp3) is 0.118. The van der Waals surface area contributed by atoms with Crippen molar-refractivity contribution in [1.82, 2.24) is 9.97 Å². The lowest BCUT2D eigenvalue weighted by atomic mass is 10.0. The predicted molar refractivity (Wildman–Crippen MR) is 94.6 cm³/mol. The van der Waals surface area contributed by atoms with Gasteiger partial charge < -0.3 is 11.1 Å². The lowest BCUT2D eigenvalue weighted by Crippen LogP contribution is -2.18. The molecule has 0 saturated heterocycles. The van der Waals surface area contributed by atoms with Gasteiger partial charge in [0.2, 0.25) is 5.91 Å². The average molecular weight is 371 g/mol. The molecule has 0 bridgehead atoms. The molecule has 1 aromatic heterocycles. The molecule has 0 saturated carbocycles. The summed E-state index contributed by atoms with van der Waals surface area (Å²) in [5.41, 5.74) is 7.94. The molecule has 2 aromatic carbocycles. The van der Waals surface area contributed by atoms with Crippen molar-refractivity contribution >= 4 is 44.2 Å². The molecule has 6 heteroatoms. The SMILES string of the molecule is CC(C(N)=O)c1cccc(Nc2ncnc3ccc(Br)cc23)c1. The molecule has 3 rings (SSSR count). The number of carbonyl (C=O) groups is 1. The molecule has 0 aliphatic carbocycles. The van der Waals surface area contributed by atoms with Gasteiger partial charge in [-0.1, -0.05) is 28.1 Å². The first-order valence-corrected chi connectivity index (χ1v) is 7.90. The molecule has 3 N–H and O–H groups in total. The van der Waals surface area contributed by atoms with Crippen LogP contribution in [0.5, 0.6) is 0 Å². The number of halogens is 1. The summed E-state index contributed by atoms with van der Waals surface area (Å²) in [6.45, 7) is 1.79. The summed E-state index contributed by atoms with van der Waals surface area (Å²) < 4.78 is 0.957. The Labute approximate surface area is 142 Å². The molecule has 0 fully saturated rings. The van der Waals surface area contributed by atoms with Crippen molar-refractivity contribution in [2.45, 2.75) is 12.8 Å². The van der Waals surface area contributed by atoms with E-state index in [-0.39, 0.29) is 11.8 Å². The fourth-order valence-corrected chi connectivity index (χ4v) is 2.68. The van der Waals surface area contributed by atoms with Crippen LogP contribution in [-0.4, -0.2) is 15.9 Å².